The first-order chi connectivity index (χ1) is 6.72. The molecule has 14 heavy (non-hydrogen) atoms. The highest BCUT2D eigenvalue weighted by atomic mass is 15.2. The molecule has 0 unspecified atom stereocenters. The molecule has 0 amide bonds. The minimum Gasteiger partial charge on any atom is -0.327 e. The van der Waals surface area contributed by atoms with E-state index in [9.17, 15) is 0 Å². The van der Waals surface area contributed by atoms with Gasteiger partial charge in [0.1, 0.15) is 0 Å². The zero-order chi connectivity index (χ0) is 10.4. The van der Waals surface area contributed by atoms with Gasteiger partial charge in [-0.05, 0) is 33.0 Å². The topological polar surface area (TPSA) is 32.5 Å². The highest BCUT2D eigenvalue weighted by Gasteiger charge is 2.13. The zero-order valence-electron chi connectivity index (χ0n) is 9.71. The van der Waals surface area contributed by atoms with Crippen LogP contribution in [-0.4, -0.2) is 55.6 Å². The van der Waals surface area contributed by atoms with Crippen LogP contribution in [0.15, 0.2) is 0 Å². The lowest BCUT2D eigenvalue weighted by Gasteiger charge is -2.23. The van der Waals surface area contributed by atoms with E-state index in [0.717, 1.165) is 13.0 Å². The third-order valence-electron chi connectivity index (χ3n) is 2.96. The second-order valence-corrected chi connectivity index (χ2v) is 4.51. The van der Waals surface area contributed by atoms with Gasteiger partial charge in [0.05, 0.1) is 0 Å². The monoisotopic (exact) mass is 199 g/mol. The summed E-state index contributed by atoms with van der Waals surface area (Å²) in [6.07, 6.45) is 3.65. The lowest BCUT2D eigenvalue weighted by Crippen LogP contribution is -2.39. The summed E-state index contributed by atoms with van der Waals surface area (Å²) in [6, 6.07) is 0.378. The van der Waals surface area contributed by atoms with E-state index in [1.54, 1.807) is 0 Å². The van der Waals surface area contributed by atoms with Gasteiger partial charge in [-0.2, -0.15) is 0 Å². The molecule has 1 fully saturated rings. The lowest BCUT2D eigenvalue weighted by atomic mass is 10.1. The van der Waals surface area contributed by atoms with Crippen molar-refractivity contribution in [1.29, 1.82) is 0 Å². The number of hydrogen-bond acceptors (Lipinski definition) is 3. The Labute approximate surface area is 88.2 Å². The van der Waals surface area contributed by atoms with Crippen molar-refractivity contribution in [3.63, 3.8) is 0 Å². The van der Waals surface area contributed by atoms with E-state index in [-0.39, 0.29) is 0 Å². The summed E-state index contributed by atoms with van der Waals surface area (Å²) in [4.78, 5) is 4.93. The Bertz CT molecular complexity index is 149. The molecule has 1 heterocycles. The van der Waals surface area contributed by atoms with Crippen molar-refractivity contribution >= 4 is 0 Å². The van der Waals surface area contributed by atoms with Crippen LogP contribution in [0.2, 0.25) is 0 Å². The average molecular weight is 199 g/mol. The van der Waals surface area contributed by atoms with Crippen LogP contribution in [0.5, 0.6) is 0 Å². The van der Waals surface area contributed by atoms with Crippen molar-refractivity contribution in [3.05, 3.63) is 0 Å². The Morgan fingerprint density at radius 3 is 2.71 bits per heavy atom. The van der Waals surface area contributed by atoms with Gasteiger partial charge >= 0.3 is 0 Å². The predicted octanol–water partition coefficient (Wildman–Crippen LogP) is 0.751. The molecular formula is C11H25N3. The van der Waals surface area contributed by atoms with Crippen molar-refractivity contribution in [2.45, 2.75) is 32.2 Å². The zero-order valence-corrected chi connectivity index (χ0v) is 9.71. The molecule has 84 valence electrons. The fraction of sp³-hybridized carbons (Fsp3) is 1.00. The molecule has 1 aliphatic heterocycles. The molecule has 1 aliphatic rings. The Hall–Kier alpha value is -0.120. The molecule has 1 saturated heterocycles. The quantitative estimate of drug-likeness (QED) is 0.725. The maximum absolute atomic E-state index is 6.05. The van der Waals surface area contributed by atoms with Crippen LogP contribution < -0.4 is 5.73 Å². The fourth-order valence-corrected chi connectivity index (χ4v) is 2.08. The van der Waals surface area contributed by atoms with Crippen molar-refractivity contribution in [2.75, 3.05) is 39.8 Å². The molecule has 0 aromatic rings. The van der Waals surface area contributed by atoms with Crippen LogP contribution in [-0.2, 0) is 0 Å². The van der Waals surface area contributed by atoms with Crippen LogP contribution in [0.3, 0.4) is 0 Å². The Kier molecular flexibility index (Phi) is 5.45. The molecule has 0 spiro atoms. The molecule has 2 N–H and O–H groups in total. The third kappa shape index (κ3) is 4.40. The Morgan fingerprint density at radius 2 is 2.00 bits per heavy atom. The maximum atomic E-state index is 6.05. The molecule has 0 aromatic heterocycles. The number of likely N-dealkylation sites (N-methyl/N-ethyl adjacent to an activating group) is 1. The molecule has 1 rings (SSSR count). The molecule has 0 bridgehead atoms. The SMILES string of the molecule is CCC[C@H](N)CN1CCCN(C)CC1. The molecule has 0 saturated carbocycles. The minimum absolute atomic E-state index is 0.378. The largest absolute Gasteiger partial charge is 0.327 e. The molecule has 3 heteroatoms. The summed E-state index contributed by atoms with van der Waals surface area (Å²) in [7, 11) is 2.20. The Morgan fingerprint density at radius 1 is 1.21 bits per heavy atom. The standard InChI is InChI=1S/C11H25N3/c1-3-5-11(12)10-14-7-4-6-13(2)8-9-14/h11H,3-10,12H2,1-2H3/t11-/m0/s1. The van der Waals surface area contributed by atoms with Gasteiger partial charge in [-0.1, -0.05) is 13.3 Å². The average Bonchev–Trinajstić information content (AvgIpc) is 2.32. The highest BCUT2D eigenvalue weighted by Crippen LogP contribution is 2.03. The summed E-state index contributed by atoms with van der Waals surface area (Å²) in [5, 5.41) is 0. The smallest absolute Gasteiger partial charge is 0.0167 e. The Balaban J connectivity index is 2.22. The van der Waals surface area contributed by atoms with Gasteiger partial charge in [0.2, 0.25) is 0 Å². The van der Waals surface area contributed by atoms with Gasteiger partial charge in [-0.3, -0.25) is 0 Å². The molecule has 1 atom stereocenters. The molecule has 0 radical (unpaired) electrons. The van der Waals surface area contributed by atoms with Crippen molar-refractivity contribution in [3.8, 4) is 0 Å². The third-order valence-corrected chi connectivity index (χ3v) is 2.96. The van der Waals surface area contributed by atoms with Gasteiger partial charge < -0.3 is 15.5 Å². The first kappa shape index (κ1) is 12.0. The van der Waals surface area contributed by atoms with E-state index in [2.05, 4.69) is 23.8 Å². The van der Waals surface area contributed by atoms with Crippen molar-refractivity contribution in [1.82, 2.24) is 9.80 Å². The second kappa shape index (κ2) is 6.38. The highest BCUT2D eigenvalue weighted by molar-refractivity contribution is 4.72. The molecule has 3 nitrogen and oxygen atoms in total. The fourth-order valence-electron chi connectivity index (χ4n) is 2.08. The summed E-state index contributed by atoms with van der Waals surface area (Å²) in [5.41, 5.74) is 6.05. The molecule has 0 aliphatic carbocycles. The minimum atomic E-state index is 0.378. The summed E-state index contributed by atoms with van der Waals surface area (Å²) in [5.74, 6) is 0. The van der Waals surface area contributed by atoms with Gasteiger partial charge in [0.15, 0.2) is 0 Å². The van der Waals surface area contributed by atoms with Gasteiger partial charge in [0, 0.05) is 25.7 Å². The van der Waals surface area contributed by atoms with E-state index in [0.29, 0.717) is 6.04 Å². The van der Waals surface area contributed by atoms with Crippen LogP contribution in [0.25, 0.3) is 0 Å². The van der Waals surface area contributed by atoms with E-state index in [1.165, 1.54) is 39.0 Å². The predicted molar refractivity (Wildman–Crippen MR) is 61.4 cm³/mol. The number of hydrogen-bond donors (Lipinski definition) is 1. The molecule has 0 aromatic carbocycles. The van der Waals surface area contributed by atoms with Crippen LogP contribution in [0, 0.1) is 0 Å². The van der Waals surface area contributed by atoms with Crippen LogP contribution in [0.4, 0.5) is 0 Å². The lowest BCUT2D eigenvalue weighted by molar-refractivity contribution is 0.256. The number of nitrogens with zero attached hydrogens (tertiary/aromatic N) is 2. The first-order valence-corrected chi connectivity index (χ1v) is 5.89. The number of nitrogens with two attached hydrogens (primary N) is 1. The van der Waals surface area contributed by atoms with E-state index < -0.39 is 0 Å². The summed E-state index contributed by atoms with van der Waals surface area (Å²) in [6.45, 7) is 8.13. The van der Waals surface area contributed by atoms with Gasteiger partial charge in [0.25, 0.3) is 0 Å². The number of rotatable bonds is 4. The van der Waals surface area contributed by atoms with E-state index in [1.807, 2.05) is 0 Å². The second-order valence-electron chi connectivity index (χ2n) is 4.51. The summed E-state index contributed by atoms with van der Waals surface area (Å²) < 4.78 is 0. The van der Waals surface area contributed by atoms with Crippen LogP contribution >= 0.6 is 0 Å². The van der Waals surface area contributed by atoms with Crippen molar-refractivity contribution in [2.24, 2.45) is 5.73 Å². The molecular weight excluding hydrogens is 174 g/mol. The maximum Gasteiger partial charge on any atom is 0.0167 e. The first-order valence-electron chi connectivity index (χ1n) is 5.89. The van der Waals surface area contributed by atoms with Gasteiger partial charge in [-0.15, -0.1) is 0 Å². The van der Waals surface area contributed by atoms with Gasteiger partial charge in [-0.25, -0.2) is 0 Å². The normalized spacial score (nSPS) is 23.4. The van der Waals surface area contributed by atoms with E-state index in [4.69, 9.17) is 5.73 Å². The van der Waals surface area contributed by atoms with E-state index >= 15 is 0 Å². The van der Waals surface area contributed by atoms with Crippen molar-refractivity contribution < 1.29 is 0 Å². The summed E-state index contributed by atoms with van der Waals surface area (Å²) >= 11 is 0. The van der Waals surface area contributed by atoms with Crippen LogP contribution in [0.1, 0.15) is 26.2 Å².